The number of aryl methyl sites for hydroxylation is 2. The first kappa shape index (κ1) is 34.2. The number of amides is 1. The summed E-state index contributed by atoms with van der Waals surface area (Å²) < 4.78 is 77.2. The van der Waals surface area contributed by atoms with Gasteiger partial charge in [0.15, 0.2) is 0 Å². The second-order valence-corrected chi connectivity index (χ2v) is 11.8. The van der Waals surface area contributed by atoms with Gasteiger partial charge in [0.2, 0.25) is 0 Å². The molecule has 3 heterocycles. The minimum absolute atomic E-state index is 0.0156. The van der Waals surface area contributed by atoms with Crippen LogP contribution in [0.25, 0.3) is 27.5 Å². The molecule has 5 aromatic rings. The molecule has 0 unspecified atom stereocenters. The van der Waals surface area contributed by atoms with Crippen molar-refractivity contribution in [3.63, 3.8) is 0 Å². The SMILES string of the molecule is Cc1cc(N2CCOC[C@@H]2C(F)(F)F)cc(F)c1C(=O)N[C@@H](Cc1ccc(-n2c(=O)c3ccc(F)cc3n(C)c2=O)c2ncccc12)C(=O)O. The van der Waals surface area contributed by atoms with Crippen LogP contribution in [0.3, 0.4) is 0 Å². The number of aliphatic carboxylic acids is 1. The number of carbonyl (C=O) groups is 2. The molecular formula is C34H28F5N5O6. The normalized spacial score (nSPS) is 15.7. The number of benzene rings is 3. The maximum Gasteiger partial charge on any atom is 0.411 e. The van der Waals surface area contributed by atoms with Crippen molar-refractivity contribution >= 4 is 39.4 Å². The van der Waals surface area contributed by atoms with Gasteiger partial charge in [-0.25, -0.2) is 22.9 Å². The Labute approximate surface area is 279 Å². The van der Waals surface area contributed by atoms with Gasteiger partial charge in [0.05, 0.1) is 40.9 Å². The monoisotopic (exact) mass is 697 g/mol. The van der Waals surface area contributed by atoms with E-state index in [-0.39, 0.29) is 52.9 Å². The summed E-state index contributed by atoms with van der Waals surface area (Å²) in [5, 5.41) is 12.8. The number of nitrogens with zero attached hydrogens (tertiary/aromatic N) is 4. The van der Waals surface area contributed by atoms with E-state index in [4.69, 9.17) is 4.74 Å². The lowest BCUT2D eigenvalue weighted by molar-refractivity contribution is -0.167. The van der Waals surface area contributed by atoms with Gasteiger partial charge >= 0.3 is 17.8 Å². The Kier molecular flexibility index (Phi) is 8.90. The molecule has 3 aromatic carbocycles. The van der Waals surface area contributed by atoms with Crippen LogP contribution >= 0.6 is 0 Å². The number of morpholine rings is 1. The molecule has 1 amide bonds. The van der Waals surface area contributed by atoms with E-state index >= 15 is 4.39 Å². The number of pyridine rings is 1. The summed E-state index contributed by atoms with van der Waals surface area (Å²) in [4.78, 5) is 57.8. The number of ether oxygens (including phenoxy) is 1. The van der Waals surface area contributed by atoms with Gasteiger partial charge in [0.1, 0.15) is 23.7 Å². The number of alkyl halides is 3. The fourth-order valence-electron chi connectivity index (χ4n) is 6.22. The van der Waals surface area contributed by atoms with Crippen LogP contribution in [0.1, 0.15) is 21.5 Å². The predicted molar refractivity (Wildman–Crippen MR) is 172 cm³/mol. The predicted octanol–water partition coefficient (Wildman–Crippen LogP) is 4.02. The first-order chi connectivity index (χ1) is 23.7. The highest BCUT2D eigenvalue weighted by Gasteiger charge is 2.45. The number of halogens is 5. The van der Waals surface area contributed by atoms with Crippen LogP contribution in [0.4, 0.5) is 27.6 Å². The largest absolute Gasteiger partial charge is 0.480 e. The van der Waals surface area contributed by atoms with E-state index in [0.29, 0.717) is 10.9 Å². The molecule has 0 bridgehead atoms. The molecule has 2 atom stereocenters. The fraction of sp³-hybridized carbons (Fsp3) is 0.265. The molecule has 1 fully saturated rings. The number of carbonyl (C=O) groups excluding carboxylic acids is 1. The van der Waals surface area contributed by atoms with Gasteiger partial charge in [-0.3, -0.25) is 19.1 Å². The molecule has 2 aromatic heterocycles. The van der Waals surface area contributed by atoms with Gasteiger partial charge in [0.25, 0.3) is 11.5 Å². The first-order valence-electron chi connectivity index (χ1n) is 15.2. The third kappa shape index (κ3) is 6.17. The molecule has 1 saturated heterocycles. The van der Waals surface area contributed by atoms with Crippen LogP contribution in [-0.4, -0.2) is 69.1 Å². The summed E-state index contributed by atoms with van der Waals surface area (Å²) in [6, 6.07) is 7.79. The smallest absolute Gasteiger partial charge is 0.411 e. The van der Waals surface area contributed by atoms with Crippen LogP contribution in [-0.2, 0) is 23.0 Å². The van der Waals surface area contributed by atoms with Crippen molar-refractivity contribution < 1.29 is 41.4 Å². The zero-order chi connectivity index (χ0) is 36.1. The number of anilines is 1. The number of rotatable bonds is 7. The second-order valence-electron chi connectivity index (χ2n) is 11.8. The van der Waals surface area contributed by atoms with Crippen LogP contribution in [0.15, 0.2) is 70.4 Å². The Morgan fingerprint density at radius 2 is 1.84 bits per heavy atom. The quantitative estimate of drug-likeness (QED) is 0.244. The van der Waals surface area contributed by atoms with Crippen LogP contribution in [0.2, 0.25) is 0 Å². The highest BCUT2D eigenvalue weighted by molar-refractivity contribution is 5.99. The molecule has 1 aliphatic rings. The Bertz CT molecular complexity index is 2280. The Hall–Kier alpha value is -5.64. The molecule has 11 nitrogen and oxygen atoms in total. The van der Waals surface area contributed by atoms with Crippen LogP contribution in [0, 0.1) is 18.6 Å². The average Bonchev–Trinajstić information content (AvgIpc) is 3.07. The van der Waals surface area contributed by atoms with E-state index in [9.17, 15) is 41.8 Å². The summed E-state index contributed by atoms with van der Waals surface area (Å²) >= 11 is 0. The number of hydrogen-bond donors (Lipinski definition) is 2. The Morgan fingerprint density at radius 3 is 2.54 bits per heavy atom. The molecular weight excluding hydrogens is 669 g/mol. The van der Waals surface area contributed by atoms with Crippen molar-refractivity contribution in [2.24, 2.45) is 7.05 Å². The van der Waals surface area contributed by atoms with Crippen molar-refractivity contribution in [2.75, 3.05) is 24.7 Å². The van der Waals surface area contributed by atoms with Gasteiger partial charge in [0, 0.05) is 37.3 Å². The molecule has 50 heavy (non-hydrogen) atoms. The molecule has 0 saturated carbocycles. The van der Waals surface area contributed by atoms with Crippen molar-refractivity contribution in [3.8, 4) is 5.69 Å². The average molecular weight is 698 g/mol. The van der Waals surface area contributed by atoms with Crippen molar-refractivity contribution in [1.29, 1.82) is 0 Å². The van der Waals surface area contributed by atoms with Crippen LogP contribution < -0.4 is 21.5 Å². The molecule has 1 aliphatic heterocycles. The van der Waals surface area contributed by atoms with E-state index in [1.165, 1.54) is 44.4 Å². The number of nitrogens with one attached hydrogen (secondary N) is 1. The van der Waals surface area contributed by atoms with Gasteiger partial charge in [-0.1, -0.05) is 12.1 Å². The third-order valence-corrected chi connectivity index (χ3v) is 8.68. The molecule has 16 heteroatoms. The highest BCUT2D eigenvalue weighted by atomic mass is 19.4. The minimum atomic E-state index is -4.66. The molecule has 6 rings (SSSR count). The van der Waals surface area contributed by atoms with E-state index in [2.05, 4.69) is 10.3 Å². The first-order valence-corrected chi connectivity index (χ1v) is 15.2. The molecule has 2 N–H and O–H groups in total. The third-order valence-electron chi connectivity index (χ3n) is 8.68. The molecule has 260 valence electrons. The maximum absolute atomic E-state index is 15.4. The summed E-state index contributed by atoms with van der Waals surface area (Å²) in [5.41, 5.74) is -1.53. The lowest BCUT2D eigenvalue weighted by atomic mass is 9.99. The van der Waals surface area contributed by atoms with Crippen molar-refractivity contribution in [1.82, 2.24) is 19.4 Å². The number of aromatic nitrogens is 3. The summed E-state index contributed by atoms with van der Waals surface area (Å²) in [7, 11) is 1.38. The Morgan fingerprint density at radius 1 is 1.08 bits per heavy atom. The number of carboxylic acid groups (broad SMARTS) is 1. The number of carboxylic acids is 1. The summed E-state index contributed by atoms with van der Waals surface area (Å²) in [5.74, 6) is -4.35. The molecule has 0 radical (unpaired) electrons. The number of hydrogen-bond acceptors (Lipinski definition) is 7. The van der Waals surface area contributed by atoms with E-state index in [0.717, 1.165) is 32.2 Å². The van der Waals surface area contributed by atoms with Gasteiger partial charge < -0.3 is 20.1 Å². The molecule has 0 aliphatic carbocycles. The van der Waals surface area contributed by atoms with Crippen molar-refractivity contribution in [3.05, 3.63) is 110 Å². The standard InChI is InChI=1S/C34H28F5N5O6/c1-17-12-20(43-10-11-50-16-27(43)34(37,38)39)15-23(36)28(17)30(45)41-24(32(47)48)13-18-5-8-25(29-21(18)4-3-9-40-29)44-31(46)22-7-6-19(35)14-26(22)42(2)33(44)49/h3-9,12,14-15,24,27H,10-11,13,16H2,1-2H3,(H,41,45)(H,47,48)/t24-,27+/m0/s1. The topological polar surface area (TPSA) is 136 Å². The zero-order valence-corrected chi connectivity index (χ0v) is 26.4. The zero-order valence-electron chi connectivity index (χ0n) is 26.4. The Balaban J connectivity index is 1.32. The van der Waals surface area contributed by atoms with Gasteiger partial charge in [-0.15, -0.1) is 0 Å². The van der Waals surface area contributed by atoms with E-state index in [1.54, 1.807) is 12.1 Å². The van der Waals surface area contributed by atoms with E-state index in [1.807, 2.05) is 0 Å². The highest BCUT2D eigenvalue weighted by Crippen LogP contribution is 2.33. The maximum atomic E-state index is 15.4. The summed E-state index contributed by atoms with van der Waals surface area (Å²) in [6.45, 7) is 0.502. The minimum Gasteiger partial charge on any atom is -0.480 e. The number of fused-ring (bicyclic) bond motifs is 2. The summed E-state index contributed by atoms with van der Waals surface area (Å²) in [6.07, 6.45) is -3.59. The second kappa shape index (κ2) is 13.0. The van der Waals surface area contributed by atoms with Gasteiger partial charge in [-0.05, 0) is 60.5 Å². The van der Waals surface area contributed by atoms with Crippen LogP contribution in [0.5, 0.6) is 0 Å². The molecule has 0 spiro atoms. The lowest BCUT2D eigenvalue weighted by Crippen LogP contribution is -2.53. The lowest BCUT2D eigenvalue weighted by Gasteiger charge is -2.38. The fourth-order valence-corrected chi connectivity index (χ4v) is 6.22. The van der Waals surface area contributed by atoms with E-state index < -0.39 is 65.2 Å². The van der Waals surface area contributed by atoms with Crippen molar-refractivity contribution in [2.45, 2.75) is 31.6 Å². The van der Waals surface area contributed by atoms with Gasteiger partial charge in [-0.2, -0.15) is 13.2 Å².